The molecule has 0 aromatic carbocycles. The molecule has 1 amide bonds. The number of hydrogen-bond acceptors (Lipinski definition) is 5. The highest BCUT2D eigenvalue weighted by molar-refractivity contribution is 6.28. The van der Waals surface area contributed by atoms with Crippen LogP contribution in [0.2, 0.25) is 5.28 Å². The summed E-state index contributed by atoms with van der Waals surface area (Å²) in [7, 11) is 0. The first-order valence-corrected chi connectivity index (χ1v) is 8.62. The Morgan fingerprint density at radius 3 is 2.83 bits per heavy atom. The van der Waals surface area contributed by atoms with Crippen molar-refractivity contribution in [3.05, 3.63) is 41.6 Å². The van der Waals surface area contributed by atoms with Gasteiger partial charge >= 0.3 is 0 Å². The number of nitrogens with one attached hydrogen (secondary N) is 1. The minimum Gasteiger partial charge on any atom is -0.339 e. The third-order valence-corrected chi connectivity index (χ3v) is 4.91. The number of nitrogens with zero attached hydrogens (tertiary/aromatic N) is 4. The van der Waals surface area contributed by atoms with E-state index in [-0.39, 0.29) is 17.2 Å². The average molecular weight is 344 g/mol. The predicted molar refractivity (Wildman–Crippen MR) is 92.1 cm³/mol. The molecule has 24 heavy (non-hydrogen) atoms. The lowest BCUT2D eigenvalue weighted by Gasteiger charge is -2.40. The van der Waals surface area contributed by atoms with Gasteiger partial charge in [0.2, 0.25) is 11.2 Å². The number of aromatic nitrogens is 3. The summed E-state index contributed by atoms with van der Waals surface area (Å²) in [6, 6.07) is 5.73. The zero-order chi connectivity index (χ0) is 16.5. The summed E-state index contributed by atoms with van der Waals surface area (Å²) >= 11 is 6.02. The van der Waals surface area contributed by atoms with E-state index in [0.717, 1.165) is 24.4 Å². The van der Waals surface area contributed by atoms with Crippen LogP contribution in [0.5, 0.6) is 0 Å². The molecule has 1 aliphatic heterocycles. The first kappa shape index (κ1) is 15.3. The summed E-state index contributed by atoms with van der Waals surface area (Å²) in [6.45, 7) is 0. The van der Waals surface area contributed by atoms with Crippen LogP contribution in [-0.2, 0) is 11.2 Å². The second-order valence-corrected chi connectivity index (χ2v) is 6.59. The summed E-state index contributed by atoms with van der Waals surface area (Å²) in [4.78, 5) is 27.7. The molecule has 1 fully saturated rings. The van der Waals surface area contributed by atoms with E-state index in [1.54, 1.807) is 12.4 Å². The van der Waals surface area contributed by atoms with Crippen LogP contribution in [0.4, 0.5) is 11.5 Å². The van der Waals surface area contributed by atoms with E-state index in [9.17, 15) is 4.79 Å². The fourth-order valence-electron chi connectivity index (χ4n) is 3.64. The SMILES string of the molecule is O=C1Nc2cnc(Cl)nc2N(C2CCCC2)C1Cc1ccccn1. The zero-order valence-corrected chi connectivity index (χ0v) is 13.9. The Bertz CT molecular complexity index is 748. The molecule has 2 aromatic rings. The summed E-state index contributed by atoms with van der Waals surface area (Å²) in [5, 5.41) is 3.12. The molecule has 1 aliphatic carbocycles. The minimum atomic E-state index is -0.332. The van der Waals surface area contributed by atoms with Crippen LogP contribution in [0.25, 0.3) is 0 Å². The number of pyridine rings is 1. The standard InChI is InChI=1S/C17H18ClN5O/c18-17-20-10-13-15(22-17)23(12-6-1-2-7-12)14(16(24)21-13)9-11-5-3-4-8-19-11/h3-5,8,10,12,14H,1-2,6-7,9H2,(H,21,24). The molecule has 7 heteroatoms. The maximum atomic E-state index is 12.7. The molecular weight excluding hydrogens is 326 g/mol. The maximum absolute atomic E-state index is 12.7. The monoisotopic (exact) mass is 343 g/mol. The Morgan fingerprint density at radius 1 is 1.25 bits per heavy atom. The Hall–Kier alpha value is -2.21. The predicted octanol–water partition coefficient (Wildman–Crippen LogP) is 2.84. The van der Waals surface area contributed by atoms with Gasteiger partial charge in [-0.3, -0.25) is 9.78 Å². The normalized spacial score (nSPS) is 20.8. The van der Waals surface area contributed by atoms with E-state index in [2.05, 4.69) is 25.2 Å². The van der Waals surface area contributed by atoms with E-state index < -0.39 is 0 Å². The van der Waals surface area contributed by atoms with Gasteiger partial charge in [-0.05, 0) is 36.6 Å². The van der Waals surface area contributed by atoms with Gasteiger partial charge in [0.25, 0.3) is 0 Å². The lowest BCUT2D eigenvalue weighted by molar-refractivity contribution is -0.117. The molecule has 0 spiro atoms. The molecular formula is C17H18ClN5O. The first-order valence-electron chi connectivity index (χ1n) is 8.24. The van der Waals surface area contributed by atoms with Crippen LogP contribution in [0.15, 0.2) is 30.6 Å². The third-order valence-electron chi connectivity index (χ3n) is 4.73. The molecule has 1 atom stereocenters. The van der Waals surface area contributed by atoms with Gasteiger partial charge in [0.15, 0.2) is 5.82 Å². The molecule has 2 aromatic heterocycles. The maximum Gasteiger partial charge on any atom is 0.247 e. The van der Waals surface area contributed by atoms with Gasteiger partial charge in [-0.15, -0.1) is 0 Å². The van der Waals surface area contributed by atoms with E-state index in [1.807, 2.05) is 18.2 Å². The number of amides is 1. The summed E-state index contributed by atoms with van der Waals surface area (Å²) in [5.74, 6) is 0.688. The quantitative estimate of drug-likeness (QED) is 0.868. The van der Waals surface area contributed by atoms with Crippen molar-refractivity contribution in [1.29, 1.82) is 0 Å². The average Bonchev–Trinajstić information content (AvgIpc) is 3.11. The smallest absolute Gasteiger partial charge is 0.247 e. The van der Waals surface area contributed by atoms with Crippen molar-refractivity contribution in [2.75, 3.05) is 10.2 Å². The number of carbonyl (C=O) groups is 1. The Kier molecular flexibility index (Phi) is 4.06. The number of anilines is 2. The fraction of sp³-hybridized carbons (Fsp3) is 0.412. The Morgan fingerprint density at radius 2 is 2.08 bits per heavy atom. The highest BCUT2D eigenvalue weighted by Gasteiger charge is 2.39. The highest BCUT2D eigenvalue weighted by atomic mass is 35.5. The van der Waals surface area contributed by atoms with E-state index in [1.165, 1.54) is 12.8 Å². The van der Waals surface area contributed by atoms with Crippen molar-refractivity contribution in [1.82, 2.24) is 15.0 Å². The largest absolute Gasteiger partial charge is 0.339 e. The molecule has 1 saturated carbocycles. The summed E-state index contributed by atoms with van der Waals surface area (Å²) < 4.78 is 0. The number of rotatable bonds is 3. The second kappa shape index (κ2) is 6.36. The number of halogens is 1. The van der Waals surface area contributed by atoms with E-state index in [0.29, 0.717) is 18.2 Å². The minimum absolute atomic E-state index is 0.0361. The molecule has 124 valence electrons. The summed E-state index contributed by atoms with van der Waals surface area (Å²) in [6.07, 6.45) is 8.36. The topological polar surface area (TPSA) is 71.0 Å². The third kappa shape index (κ3) is 2.82. The van der Waals surface area contributed by atoms with Gasteiger partial charge in [-0.2, -0.15) is 4.98 Å². The van der Waals surface area contributed by atoms with E-state index in [4.69, 9.17) is 11.6 Å². The fourth-order valence-corrected chi connectivity index (χ4v) is 3.77. The highest BCUT2D eigenvalue weighted by Crippen LogP contribution is 2.37. The van der Waals surface area contributed by atoms with Crippen LogP contribution in [0.1, 0.15) is 31.4 Å². The van der Waals surface area contributed by atoms with E-state index >= 15 is 0 Å². The lowest BCUT2D eigenvalue weighted by atomic mass is 10.0. The van der Waals surface area contributed by atoms with Crippen molar-refractivity contribution in [3.63, 3.8) is 0 Å². The van der Waals surface area contributed by atoms with Gasteiger partial charge in [-0.25, -0.2) is 4.98 Å². The number of hydrogen-bond donors (Lipinski definition) is 1. The second-order valence-electron chi connectivity index (χ2n) is 6.25. The van der Waals surface area contributed by atoms with Crippen molar-refractivity contribution in [3.8, 4) is 0 Å². The van der Waals surface area contributed by atoms with Crippen LogP contribution >= 0.6 is 11.6 Å². The lowest BCUT2D eigenvalue weighted by Crippen LogP contribution is -2.53. The molecule has 6 nitrogen and oxygen atoms in total. The molecule has 1 unspecified atom stereocenters. The van der Waals surface area contributed by atoms with Crippen LogP contribution < -0.4 is 10.2 Å². The molecule has 1 N–H and O–H groups in total. The molecule has 0 saturated heterocycles. The van der Waals surface area contributed by atoms with Gasteiger partial charge in [0, 0.05) is 24.4 Å². The van der Waals surface area contributed by atoms with Crippen LogP contribution in [0.3, 0.4) is 0 Å². The van der Waals surface area contributed by atoms with Gasteiger partial charge in [-0.1, -0.05) is 18.9 Å². The zero-order valence-electron chi connectivity index (χ0n) is 13.2. The number of fused-ring (bicyclic) bond motifs is 1. The van der Waals surface area contributed by atoms with Crippen molar-refractivity contribution in [2.24, 2.45) is 0 Å². The number of carbonyl (C=O) groups excluding carboxylic acids is 1. The van der Waals surface area contributed by atoms with Crippen molar-refractivity contribution in [2.45, 2.75) is 44.2 Å². The van der Waals surface area contributed by atoms with Gasteiger partial charge in [0.1, 0.15) is 11.7 Å². The van der Waals surface area contributed by atoms with Crippen molar-refractivity contribution >= 4 is 29.0 Å². The molecule has 2 aliphatic rings. The van der Waals surface area contributed by atoms with Crippen LogP contribution in [-0.4, -0.2) is 32.9 Å². The molecule has 0 radical (unpaired) electrons. The molecule has 3 heterocycles. The Balaban J connectivity index is 1.74. The first-order chi connectivity index (χ1) is 11.7. The van der Waals surface area contributed by atoms with Gasteiger partial charge < -0.3 is 10.2 Å². The molecule has 4 rings (SSSR count). The van der Waals surface area contributed by atoms with Crippen LogP contribution in [0, 0.1) is 0 Å². The molecule has 0 bridgehead atoms. The Labute approximate surface area is 145 Å². The van der Waals surface area contributed by atoms with Crippen molar-refractivity contribution < 1.29 is 4.79 Å². The van der Waals surface area contributed by atoms with Gasteiger partial charge in [0.05, 0.1) is 6.20 Å². The summed E-state index contributed by atoms with van der Waals surface area (Å²) in [5.41, 5.74) is 1.53.